The van der Waals surface area contributed by atoms with Gasteiger partial charge in [-0.1, -0.05) is 116 Å². The number of ether oxygens (including phenoxy) is 9. The van der Waals surface area contributed by atoms with Crippen molar-refractivity contribution in [1.29, 1.82) is 5.26 Å². The molecule has 101 heavy (non-hydrogen) atoms. The van der Waals surface area contributed by atoms with Crippen molar-refractivity contribution in [3.63, 3.8) is 0 Å². The molecule has 1 rings (SSSR count). The van der Waals surface area contributed by atoms with Crippen molar-refractivity contribution in [2.24, 2.45) is 32.5 Å². The normalized spacial score (nSPS) is 10.6. The Hall–Kier alpha value is -6.52. The fourth-order valence-corrected chi connectivity index (χ4v) is 6.21. The third-order valence-corrected chi connectivity index (χ3v) is 16.2. The second kappa shape index (κ2) is 61.0. The molecule has 0 radical (unpaired) electrons. The first-order valence-corrected chi connectivity index (χ1v) is 34.8. The zero-order chi connectivity index (χ0) is 82.1. The van der Waals surface area contributed by atoms with Gasteiger partial charge in [0.25, 0.3) is 0 Å². The molecule has 0 aliphatic rings. The van der Waals surface area contributed by atoms with Crippen LogP contribution in [0, 0.1) is 43.8 Å². The molecule has 1 aromatic rings. The van der Waals surface area contributed by atoms with Crippen molar-refractivity contribution in [3.8, 4) is 6.07 Å². The molecule has 0 bridgehead atoms. The zero-order valence-corrected chi connectivity index (χ0v) is 71.1. The number of thioether (sulfide) groups is 1. The van der Waals surface area contributed by atoms with Crippen LogP contribution >= 0.6 is 24.0 Å². The molecule has 0 heterocycles. The van der Waals surface area contributed by atoms with Crippen LogP contribution in [0.2, 0.25) is 0 Å². The maximum atomic E-state index is 11.4. The highest BCUT2D eigenvalue weighted by Crippen LogP contribution is 2.29. The zero-order valence-electron chi connectivity index (χ0n) is 69.4. The van der Waals surface area contributed by atoms with Gasteiger partial charge in [0.1, 0.15) is 24.6 Å². The number of carbonyl (C=O) groups is 9. The second-order valence-corrected chi connectivity index (χ2v) is 30.2. The van der Waals surface area contributed by atoms with Gasteiger partial charge in [0.15, 0.2) is 0 Å². The van der Waals surface area contributed by atoms with Crippen LogP contribution in [0.1, 0.15) is 203 Å². The first-order chi connectivity index (χ1) is 45.9. The van der Waals surface area contributed by atoms with Gasteiger partial charge >= 0.3 is 53.7 Å². The number of likely N-dealkylation sites (N-methyl/N-ethyl adjacent to an activating group) is 3. The van der Waals surface area contributed by atoms with Gasteiger partial charge in [-0.2, -0.15) is 5.26 Å². The predicted molar refractivity (Wildman–Crippen MR) is 415 cm³/mol. The Bertz CT molecular complexity index is 2430. The molecule has 0 amide bonds. The minimum Gasteiger partial charge on any atom is -0.469 e. The first kappa shape index (κ1) is 113. The van der Waals surface area contributed by atoms with Crippen LogP contribution in [0.5, 0.6) is 0 Å². The maximum Gasteiger partial charge on any atom is 0.333 e. The van der Waals surface area contributed by atoms with E-state index in [2.05, 4.69) is 54.2 Å². The van der Waals surface area contributed by atoms with Crippen molar-refractivity contribution in [3.05, 3.63) is 72.4 Å². The summed E-state index contributed by atoms with van der Waals surface area (Å²) in [5.41, 5.74) is 0.399. The molecule has 0 saturated heterocycles. The van der Waals surface area contributed by atoms with Crippen molar-refractivity contribution >= 4 is 81.9 Å². The van der Waals surface area contributed by atoms with Crippen LogP contribution in [0.15, 0.2) is 66.8 Å². The number of rotatable bonds is 26. The van der Waals surface area contributed by atoms with Gasteiger partial charge in [0, 0.05) is 36.4 Å². The number of methoxy groups -OCH3 is 6. The number of carbonyl (C=O) groups excluding carboxylic acids is 9. The van der Waals surface area contributed by atoms with Crippen LogP contribution in [0.3, 0.4) is 0 Å². The van der Waals surface area contributed by atoms with Crippen LogP contribution in [-0.2, 0) is 85.8 Å². The van der Waals surface area contributed by atoms with Crippen molar-refractivity contribution < 1.29 is 85.8 Å². The average Bonchev–Trinajstić information content (AvgIpc) is 1.05. The molecule has 0 aromatic heterocycles. The summed E-state index contributed by atoms with van der Waals surface area (Å²) in [6, 6.07) is 12.0. The number of esters is 9. The summed E-state index contributed by atoms with van der Waals surface area (Å²) in [7, 11) is 20.0. The molecular weight excluding hydrogens is 1330 g/mol. The van der Waals surface area contributed by atoms with Gasteiger partial charge < -0.3 is 57.3 Å². The third-order valence-electron chi connectivity index (χ3n) is 14.7. The molecule has 0 atom stereocenters. The lowest BCUT2D eigenvalue weighted by Gasteiger charge is -2.20. The summed E-state index contributed by atoms with van der Waals surface area (Å²) < 4.78 is 42.2. The summed E-state index contributed by atoms with van der Waals surface area (Å²) in [4.78, 5) is 103. The lowest BCUT2D eigenvalue weighted by atomic mass is 9.91. The van der Waals surface area contributed by atoms with Gasteiger partial charge in [-0.25, -0.2) is 14.4 Å². The van der Waals surface area contributed by atoms with E-state index >= 15 is 0 Å². The molecule has 0 fully saturated rings. The Morgan fingerprint density at radius 2 is 0.614 bits per heavy atom. The van der Waals surface area contributed by atoms with Crippen LogP contribution in [-0.4, -0.2) is 202 Å². The summed E-state index contributed by atoms with van der Waals surface area (Å²) in [5.74, 6) is -1.74. The largest absolute Gasteiger partial charge is 0.469 e. The molecule has 22 nitrogen and oxygen atoms in total. The summed E-state index contributed by atoms with van der Waals surface area (Å²) >= 11 is 6.67. The van der Waals surface area contributed by atoms with E-state index in [4.69, 9.17) is 31.7 Å². The highest BCUT2D eigenvalue weighted by molar-refractivity contribution is 8.24. The molecule has 0 unspecified atom stereocenters. The van der Waals surface area contributed by atoms with E-state index in [1.54, 1.807) is 20.8 Å². The van der Waals surface area contributed by atoms with Gasteiger partial charge in [-0.3, -0.25) is 28.8 Å². The van der Waals surface area contributed by atoms with Crippen LogP contribution in [0.25, 0.3) is 0 Å². The molecule has 0 saturated carbocycles. The fourth-order valence-electron chi connectivity index (χ4n) is 4.68. The highest BCUT2D eigenvalue weighted by atomic mass is 32.2. The van der Waals surface area contributed by atoms with Crippen molar-refractivity contribution in [1.82, 2.24) is 14.7 Å². The van der Waals surface area contributed by atoms with E-state index in [1.807, 2.05) is 226 Å². The SMILES string of the molecule is C=C(C)C(=O)OC.C=C(C)C(=O)OC.C=C(C)C(=O)OCCN(C)C.CC(C)(C#N)SC(=S)c1ccccc1.CCC(C)(C)C(=O)OC.CCC(C)(C)C(=O)OC.CCC(C)(C)C(=O)OC.CCC(C)(C)C(=O)OC.CCC(C)(C)C(=O)OCCN(C)C.CCC(C)(C)C(=O)OCCN(C)C. The number of hydrogen-bond acceptors (Lipinski definition) is 24. The van der Waals surface area contributed by atoms with Gasteiger partial charge in [0.05, 0.1) is 85.4 Å². The van der Waals surface area contributed by atoms with Crippen LogP contribution < -0.4 is 0 Å². The Morgan fingerprint density at radius 1 is 0.396 bits per heavy atom. The van der Waals surface area contributed by atoms with Crippen molar-refractivity contribution in [2.75, 3.05) is 124 Å². The van der Waals surface area contributed by atoms with E-state index in [-0.39, 0.29) is 86.2 Å². The summed E-state index contributed by atoms with van der Waals surface area (Å²) in [6.07, 6.45) is 4.90. The Balaban J connectivity index is -0.000000134. The molecule has 588 valence electrons. The molecule has 0 aliphatic carbocycles. The highest BCUT2D eigenvalue weighted by Gasteiger charge is 2.30. The van der Waals surface area contributed by atoms with E-state index < -0.39 is 4.75 Å². The average molecular weight is 1470 g/mol. The third kappa shape index (κ3) is 65.3. The monoisotopic (exact) mass is 1470 g/mol. The smallest absolute Gasteiger partial charge is 0.333 e. The maximum absolute atomic E-state index is 11.4. The fraction of sp³-hybridized carbons (Fsp3) is 0.701. The van der Waals surface area contributed by atoms with Gasteiger partial charge in [0.2, 0.25) is 0 Å². The number of benzene rings is 1. The number of thiocarbonyl (C=S) groups is 1. The van der Waals surface area contributed by atoms with E-state index in [0.717, 1.165) is 67.9 Å². The molecule has 1 aromatic carbocycles. The van der Waals surface area contributed by atoms with E-state index in [9.17, 15) is 43.2 Å². The Morgan fingerprint density at radius 3 is 0.772 bits per heavy atom. The lowest BCUT2D eigenvalue weighted by molar-refractivity contribution is -0.155. The van der Waals surface area contributed by atoms with Crippen LogP contribution in [0.4, 0.5) is 0 Å². The van der Waals surface area contributed by atoms with Gasteiger partial charge in [-0.05, 0) is 204 Å². The Labute approximate surface area is 622 Å². The lowest BCUT2D eigenvalue weighted by Crippen LogP contribution is -2.28. The molecule has 0 spiro atoms. The topological polar surface area (TPSA) is 270 Å². The molecule has 0 aliphatic heterocycles. The minimum atomic E-state index is -0.451. The predicted octanol–water partition coefficient (Wildman–Crippen LogP) is 15.0. The minimum absolute atomic E-state index is 0.100. The second-order valence-electron chi connectivity index (χ2n) is 27.9. The number of nitriles is 1. The Kier molecular flexibility index (Phi) is 68.2. The quantitative estimate of drug-likeness (QED) is 0.0361. The number of nitrogens with zero attached hydrogens (tertiary/aromatic N) is 4. The molecule has 24 heteroatoms. The summed E-state index contributed by atoms with van der Waals surface area (Å²) in [5, 5.41) is 8.86. The van der Waals surface area contributed by atoms with E-state index in [1.165, 1.54) is 54.4 Å². The standard InChI is InChI=1S/C11H11NS2.2C10H21NO2.C8H15NO2.4C7H14O2.2C5H8O2/c1-11(2,8-12)14-10(13)9-6-4-3-5-7-9;2*1-6-10(2,3)9(12)13-8-7-11(4)5;1-7(2)8(10)11-6-5-9(3)4;4*1-5-7(2,3)6(8)9-4;2*1-4(2)5(6)7-3/h3-7H,1-2H3;2*6-8H2,1-5H3;1,5-6H2,2-4H3;4*5H2,1-4H3;2*1H2,2-3H3. The molecule has 0 N–H and O–H groups in total. The van der Waals surface area contributed by atoms with E-state index in [0.29, 0.717) is 36.5 Å². The first-order valence-electron chi connectivity index (χ1n) is 33.5. The summed E-state index contributed by atoms with van der Waals surface area (Å²) in [6.45, 7) is 56.9. The molecular formula is C77H140N4O18S2. The number of hydrogen-bond donors (Lipinski definition) is 0. The van der Waals surface area contributed by atoms with Crippen molar-refractivity contribution in [2.45, 2.75) is 203 Å². The van der Waals surface area contributed by atoms with Gasteiger partial charge in [-0.15, -0.1) is 0 Å².